The van der Waals surface area contributed by atoms with Gasteiger partial charge in [-0.25, -0.2) is 0 Å². The molecular formula is C21H20N6O2S. The smallest absolute Gasteiger partial charge is 0.296 e. The van der Waals surface area contributed by atoms with E-state index in [-0.39, 0.29) is 17.6 Å². The topological polar surface area (TPSA) is 98.7 Å². The molecule has 0 spiro atoms. The molecule has 0 saturated carbocycles. The zero-order chi connectivity index (χ0) is 21.1. The lowest BCUT2D eigenvalue weighted by molar-refractivity contribution is -0.113. The number of rotatable bonds is 6. The maximum atomic E-state index is 12.3. The number of nitrogens with zero attached hydrogens (tertiary/aromatic N) is 5. The highest BCUT2D eigenvalue weighted by Crippen LogP contribution is 2.24. The zero-order valence-electron chi connectivity index (χ0n) is 16.8. The van der Waals surface area contributed by atoms with Gasteiger partial charge in [-0.05, 0) is 25.5 Å². The third-order valence-corrected chi connectivity index (χ3v) is 5.53. The highest BCUT2D eigenvalue weighted by Gasteiger charge is 2.19. The van der Waals surface area contributed by atoms with Crippen LogP contribution in [0.2, 0.25) is 0 Å². The number of anilines is 1. The van der Waals surface area contributed by atoms with Crippen LogP contribution in [0.3, 0.4) is 0 Å². The van der Waals surface area contributed by atoms with Crippen LogP contribution in [0.15, 0.2) is 58.2 Å². The fourth-order valence-corrected chi connectivity index (χ4v) is 3.50. The van der Waals surface area contributed by atoms with Crippen LogP contribution >= 0.6 is 11.8 Å². The monoisotopic (exact) mass is 420 g/mol. The zero-order valence-corrected chi connectivity index (χ0v) is 17.6. The van der Waals surface area contributed by atoms with E-state index in [0.717, 1.165) is 22.4 Å². The van der Waals surface area contributed by atoms with Gasteiger partial charge in [0.2, 0.25) is 17.6 Å². The fourth-order valence-electron chi connectivity index (χ4n) is 2.79. The first kappa shape index (κ1) is 19.8. The highest BCUT2D eigenvalue weighted by atomic mass is 32.2. The molecule has 2 aromatic heterocycles. The molecule has 0 aliphatic rings. The van der Waals surface area contributed by atoms with Crippen LogP contribution in [-0.2, 0) is 11.8 Å². The van der Waals surface area contributed by atoms with E-state index in [2.05, 4.69) is 25.7 Å². The Balaban J connectivity index is 1.43. The molecule has 152 valence electrons. The standard InChI is InChI=1S/C21H20N6O2S/c1-13-8-10-15(11-9-13)18-23-20(29-26-18)19-24-25-21(27(19)3)30-12-17(28)22-16-7-5-4-6-14(16)2/h4-11H,12H2,1-3H3,(H,22,28). The highest BCUT2D eigenvalue weighted by molar-refractivity contribution is 7.99. The van der Waals surface area contributed by atoms with E-state index in [1.165, 1.54) is 11.8 Å². The quantitative estimate of drug-likeness (QED) is 0.473. The Bertz CT molecular complexity index is 1180. The van der Waals surface area contributed by atoms with Crippen LogP contribution in [0, 0.1) is 13.8 Å². The Labute approximate surface area is 177 Å². The summed E-state index contributed by atoms with van der Waals surface area (Å²) in [6, 6.07) is 15.5. The molecule has 8 nitrogen and oxygen atoms in total. The average molecular weight is 420 g/mol. The van der Waals surface area contributed by atoms with Crippen molar-refractivity contribution >= 4 is 23.4 Å². The maximum absolute atomic E-state index is 12.3. The SMILES string of the molecule is Cc1ccc(-c2noc(-c3nnc(SCC(=O)Nc4ccccc4C)n3C)n2)cc1. The number of hydrogen-bond donors (Lipinski definition) is 1. The second-order valence-electron chi connectivity index (χ2n) is 6.81. The molecule has 0 radical (unpaired) electrons. The summed E-state index contributed by atoms with van der Waals surface area (Å²) in [6.07, 6.45) is 0. The molecule has 0 bridgehead atoms. The number of amides is 1. The molecule has 0 unspecified atom stereocenters. The first-order chi connectivity index (χ1) is 14.5. The van der Waals surface area contributed by atoms with Crippen molar-refractivity contribution in [1.29, 1.82) is 0 Å². The van der Waals surface area contributed by atoms with Crippen molar-refractivity contribution in [3.63, 3.8) is 0 Å². The van der Waals surface area contributed by atoms with E-state index in [4.69, 9.17) is 4.52 Å². The lowest BCUT2D eigenvalue weighted by Crippen LogP contribution is -2.15. The molecule has 0 saturated heterocycles. The van der Waals surface area contributed by atoms with Crippen LogP contribution < -0.4 is 5.32 Å². The predicted molar refractivity (Wildman–Crippen MR) is 115 cm³/mol. The molecule has 0 fully saturated rings. The second-order valence-corrected chi connectivity index (χ2v) is 7.75. The summed E-state index contributed by atoms with van der Waals surface area (Å²) in [4.78, 5) is 16.7. The van der Waals surface area contributed by atoms with Crippen molar-refractivity contribution in [2.45, 2.75) is 19.0 Å². The van der Waals surface area contributed by atoms with Crippen molar-refractivity contribution in [3.05, 3.63) is 59.7 Å². The Morgan fingerprint density at radius 2 is 1.87 bits per heavy atom. The molecule has 30 heavy (non-hydrogen) atoms. The molecule has 0 aliphatic heterocycles. The van der Waals surface area contributed by atoms with Crippen molar-refractivity contribution in [2.75, 3.05) is 11.1 Å². The molecule has 1 N–H and O–H groups in total. The van der Waals surface area contributed by atoms with Crippen molar-refractivity contribution in [1.82, 2.24) is 24.9 Å². The number of para-hydroxylation sites is 1. The molecule has 4 aromatic rings. The van der Waals surface area contributed by atoms with Gasteiger partial charge in [0.15, 0.2) is 5.16 Å². The van der Waals surface area contributed by atoms with Crippen molar-refractivity contribution in [3.8, 4) is 23.1 Å². The number of carbonyl (C=O) groups is 1. The summed E-state index contributed by atoms with van der Waals surface area (Å²) in [6.45, 7) is 3.97. The van der Waals surface area contributed by atoms with E-state index in [1.807, 2.05) is 62.4 Å². The molecule has 9 heteroatoms. The van der Waals surface area contributed by atoms with E-state index >= 15 is 0 Å². The van der Waals surface area contributed by atoms with Crippen LogP contribution in [0.5, 0.6) is 0 Å². The van der Waals surface area contributed by atoms with Gasteiger partial charge in [0.1, 0.15) is 0 Å². The van der Waals surface area contributed by atoms with Crippen LogP contribution in [0.1, 0.15) is 11.1 Å². The van der Waals surface area contributed by atoms with Gasteiger partial charge in [-0.3, -0.25) is 4.79 Å². The molecule has 0 aliphatic carbocycles. The van der Waals surface area contributed by atoms with Gasteiger partial charge in [0, 0.05) is 18.3 Å². The van der Waals surface area contributed by atoms with E-state index in [0.29, 0.717) is 16.8 Å². The van der Waals surface area contributed by atoms with Crippen LogP contribution in [-0.4, -0.2) is 36.6 Å². The molecule has 1 amide bonds. The first-order valence-electron chi connectivity index (χ1n) is 9.30. The van der Waals surface area contributed by atoms with E-state index in [9.17, 15) is 4.79 Å². The van der Waals surface area contributed by atoms with Gasteiger partial charge in [0.05, 0.1) is 5.75 Å². The average Bonchev–Trinajstić information content (AvgIpc) is 3.35. The molecule has 2 aromatic carbocycles. The van der Waals surface area contributed by atoms with Gasteiger partial charge in [-0.1, -0.05) is 64.9 Å². The summed E-state index contributed by atoms with van der Waals surface area (Å²) in [5.74, 6) is 1.30. The van der Waals surface area contributed by atoms with Crippen molar-refractivity contribution in [2.24, 2.45) is 7.05 Å². The van der Waals surface area contributed by atoms with Gasteiger partial charge >= 0.3 is 0 Å². The summed E-state index contributed by atoms with van der Waals surface area (Å²) < 4.78 is 7.11. The van der Waals surface area contributed by atoms with Gasteiger partial charge in [-0.2, -0.15) is 4.98 Å². The minimum absolute atomic E-state index is 0.113. The number of aromatic nitrogens is 5. The summed E-state index contributed by atoms with van der Waals surface area (Å²) in [7, 11) is 1.80. The summed E-state index contributed by atoms with van der Waals surface area (Å²) in [5.41, 5.74) is 3.83. The number of aryl methyl sites for hydroxylation is 2. The second kappa shape index (κ2) is 8.50. The third-order valence-electron chi connectivity index (χ3n) is 4.51. The number of carbonyl (C=O) groups excluding carboxylic acids is 1. The summed E-state index contributed by atoms with van der Waals surface area (Å²) in [5, 5.41) is 15.8. The fraction of sp³-hybridized carbons (Fsp3) is 0.190. The lowest BCUT2D eigenvalue weighted by Gasteiger charge is -2.07. The normalized spacial score (nSPS) is 10.9. The van der Waals surface area contributed by atoms with Gasteiger partial charge in [0.25, 0.3) is 5.89 Å². The number of nitrogens with one attached hydrogen (secondary N) is 1. The molecule has 2 heterocycles. The number of thioether (sulfide) groups is 1. The Hall–Kier alpha value is -3.46. The molecule has 4 rings (SSSR count). The number of hydrogen-bond acceptors (Lipinski definition) is 7. The maximum Gasteiger partial charge on any atom is 0.296 e. The number of benzene rings is 2. The van der Waals surface area contributed by atoms with Gasteiger partial charge in [-0.15, -0.1) is 10.2 Å². The molecular weight excluding hydrogens is 400 g/mol. The first-order valence-corrected chi connectivity index (χ1v) is 10.3. The third kappa shape index (κ3) is 4.25. The minimum Gasteiger partial charge on any atom is -0.330 e. The Kier molecular flexibility index (Phi) is 5.62. The van der Waals surface area contributed by atoms with Crippen molar-refractivity contribution < 1.29 is 9.32 Å². The largest absolute Gasteiger partial charge is 0.330 e. The lowest BCUT2D eigenvalue weighted by atomic mass is 10.1. The Morgan fingerprint density at radius 1 is 1.10 bits per heavy atom. The van der Waals surface area contributed by atoms with Crippen LogP contribution in [0.25, 0.3) is 23.1 Å². The Morgan fingerprint density at radius 3 is 2.63 bits per heavy atom. The predicted octanol–water partition coefficient (Wildman–Crippen LogP) is 3.88. The van der Waals surface area contributed by atoms with Gasteiger partial charge < -0.3 is 14.4 Å². The summed E-state index contributed by atoms with van der Waals surface area (Å²) >= 11 is 1.29. The van der Waals surface area contributed by atoms with E-state index in [1.54, 1.807) is 11.6 Å². The van der Waals surface area contributed by atoms with E-state index < -0.39 is 0 Å². The van der Waals surface area contributed by atoms with Crippen LogP contribution in [0.4, 0.5) is 5.69 Å². The minimum atomic E-state index is -0.113. The molecule has 0 atom stereocenters.